The van der Waals surface area contributed by atoms with Gasteiger partial charge >= 0.3 is 5.97 Å². The van der Waals surface area contributed by atoms with Crippen LogP contribution in [0.4, 0.5) is 0 Å². The molecule has 29 heavy (non-hydrogen) atoms. The zero-order valence-electron chi connectivity index (χ0n) is 18.1. The number of unbranched alkanes of at least 4 members (excludes halogenated alkanes) is 5. The monoisotopic (exact) mass is 428 g/mol. The minimum absolute atomic E-state index is 0.0925. The van der Waals surface area contributed by atoms with E-state index < -0.39 is 23.4 Å². The summed E-state index contributed by atoms with van der Waals surface area (Å²) in [5.74, 6) is -0.0191. The highest BCUT2D eigenvalue weighted by Crippen LogP contribution is 2.34. The van der Waals surface area contributed by atoms with E-state index in [1.54, 1.807) is 6.92 Å². The summed E-state index contributed by atoms with van der Waals surface area (Å²) in [6.07, 6.45) is 13.3. The van der Waals surface area contributed by atoms with Gasteiger partial charge in [-0.25, -0.2) is 4.79 Å². The Kier molecular flexibility index (Phi) is 13.6. The van der Waals surface area contributed by atoms with Gasteiger partial charge in [-0.05, 0) is 44.9 Å². The van der Waals surface area contributed by atoms with Gasteiger partial charge in [-0.15, -0.1) is 0 Å². The summed E-state index contributed by atoms with van der Waals surface area (Å²) in [5, 5.41) is 28.0. The maximum Gasteiger partial charge on any atom is 0.333 e. The van der Waals surface area contributed by atoms with Crippen LogP contribution in [0, 0.1) is 11.8 Å². The molecule has 0 spiro atoms. The number of allylic oxidation sites excluding steroid dienone is 2. The topological polar surface area (TPSA) is 94.8 Å². The molecule has 0 aliphatic heterocycles. The van der Waals surface area contributed by atoms with Gasteiger partial charge in [-0.3, -0.25) is 4.79 Å². The fraction of sp³-hybridized carbons (Fsp3) is 0.826. The van der Waals surface area contributed by atoms with E-state index in [9.17, 15) is 19.8 Å². The first-order chi connectivity index (χ1) is 13.9. The van der Waals surface area contributed by atoms with Gasteiger partial charge in [-0.1, -0.05) is 51.2 Å². The predicted molar refractivity (Wildman–Crippen MR) is 119 cm³/mol. The van der Waals surface area contributed by atoms with Crippen molar-refractivity contribution in [3.05, 3.63) is 12.2 Å². The Bertz CT molecular complexity index is 505. The summed E-state index contributed by atoms with van der Waals surface area (Å²) in [6.45, 7) is 3.86. The van der Waals surface area contributed by atoms with Crippen LogP contribution >= 0.6 is 11.8 Å². The molecule has 168 valence electrons. The van der Waals surface area contributed by atoms with Crippen molar-refractivity contribution < 1.29 is 24.9 Å². The van der Waals surface area contributed by atoms with Gasteiger partial charge < -0.3 is 15.3 Å². The molecular formula is C23H40O5S. The third-order valence-corrected chi connectivity index (χ3v) is 7.27. The third kappa shape index (κ3) is 10.7. The number of aliphatic hydroxyl groups is 2. The first-order valence-corrected chi connectivity index (χ1v) is 12.3. The molecule has 6 heteroatoms. The first kappa shape index (κ1) is 26.2. The SMILES string of the molecule is CCCCCCC=C[C@H]1CCC(=O)[C@@H]1CCCCC(SCC(C)O)C(O)C(=O)O. The number of hydrogen-bond acceptors (Lipinski definition) is 5. The van der Waals surface area contributed by atoms with Crippen molar-refractivity contribution in [3.63, 3.8) is 0 Å². The molecule has 0 saturated heterocycles. The summed E-state index contributed by atoms with van der Waals surface area (Å²) in [4.78, 5) is 23.4. The average molecular weight is 429 g/mol. The van der Waals surface area contributed by atoms with Gasteiger partial charge in [0.1, 0.15) is 5.78 Å². The van der Waals surface area contributed by atoms with E-state index >= 15 is 0 Å². The van der Waals surface area contributed by atoms with Crippen LogP contribution < -0.4 is 0 Å². The lowest BCUT2D eigenvalue weighted by Gasteiger charge is -2.21. The molecule has 3 unspecified atom stereocenters. The normalized spacial score (nSPS) is 22.8. The van der Waals surface area contributed by atoms with Gasteiger partial charge in [0.2, 0.25) is 0 Å². The van der Waals surface area contributed by atoms with Crippen molar-refractivity contribution in [2.24, 2.45) is 11.8 Å². The Hall–Kier alpha value is -0.850. The number of aliphatic hydroxyl groups excluding tert-OH is 2. The summed E-state index contributed by atoms with van der Waals surface area (Å²) < 4.78 is 0. The molecule has 0 bridgehead atoms. The van der Waals surface area contributed by atoms with Gasteiger partial charge in [0.15, 0.2) is 6.10 Å². The fourth-order valence-corrected chi connectivity index (χ4v) is 5.12. The van der Waals surface area contributed by atoms with Crippen molar-refractivity contribution in [3.8, 4) is 0 Å². The molecule has 1 aliphatic carbocycles. The van der Waals surface area contributed by atoms with Crippen molar-refractivity contribution in [1.29, 1.82) is 0 Å². The van der Waals surface area contributed by atoms with Gasteiger partial charge in [0.05, 0.1) is 6.10 Å². The van der Waals surface area contributed by atoms with Crippen LogP contribution in [0.3, 0.4) is 0 Å². The molecule has 1 saturated carbocycles. The number of carbonyl (C=O) groups is 2. The second-order valence-corrected chi connectivity index (χ2v) is 9.61. The minimum atomic E-state index is -1.42. The lowest BCUT2D eigenvalue weighted by molar-refractivity contribution is -0.146. The van der Waals surface area contributed by atoms with E-state index in [0.717, 1.165) is 32.1 Å². The number of carboxylic acids is 1. The molecule has 0 amide bonds. The molecule has 0 radical (unpaired) electrons. The Morgan fingerprint density at radius 2 is 1.97 bits per heavy atom. The van der Waals surface area contributed by atoms with Crippen LogP contribution in [0.25, 0.3) is 0 Å². The second-order valence-electron chi connectivity index (χ2n) is 8.34. The minimum Gasteiger partial charge on any atom is -0.479 e. The summed E-state index contributed by atoms with van der Waals surface area (Å²) in [6, 6.07) is 0. The summed E-state index contributed by atoms with van der Waals surface area (Å²) in [5.41, 5.74) is 0. The second kappa shape index (κ2) is 15.0. The zero-order valence-corrected chi connectivity index (χ0v) is 18.9. The molecular weight excluding hydrogens is 388 g/mol. The van der Waals surface area contributed by atoms with Gasteiger partial charge in [-0.2, -0.15) is 11.8 Å². The van der Waals surface area contributed by atoms with Crippen molar-refractivity contribution in [2.45, 2.75) is 102 Å². The number of thioether (sulfide) groups is 1. The highest BCUT2D eigenvalue weighted by Gasteiger charge is 2.32. The highest BCUT2D eigenvalue weighted by molar-refractivity contribution is 8.00. The Balaban J connectivity index is 2.40. The van der Waals surface area contributed by atoms with E-state index in [1.807, 2.05) is 0 Å². The van der Waals surface area contributed by atoms with Crippen molar-refractivity contribution in [1.82, 2.24) is 0 Å². The molecule has 1 aliphatic rings. The molecule has 0 aromatic carbocycles. The van der Waals surface area contributed by atoms with E-state index in [0.29, 0.717) is 30.3 Å². The van der Waals surface area contributed by atoms with Crippen LogP contribution in [-0.4, -0.2) is 50.3 Å². The fourth-order valence-electron chi connectivity index (χ4n) is 3.96. The molecule has 1 fully saturated rings. The number of Topliss-reactive ketones (excluding diaryl/α,β-unsaturated/α-hetero) is 1. The van der Waals surface area contributed by atoms with Crippen LogP contribution in [0.2, 0.25) is 0 Å². The van der Waals surface area contributed by atoms with Crippen LogP contribution in [0.5, 0.6) is 0 Å². The van der Waals surface area contributed by atoms with Gasteiger partial charge in [0, 0.05) is 23.3 Å². The molecule has 0 aromatic heterocycles. The molecule has 0 heterocycles. The largest absolute Gasteiger partial charge is 0.479 e. The Morgan fingerprint density at radius 1 is 1.21 bits per heavy atom. The molecule has 3 N–H and O–H groups in total. The van der Waals surface area contributed by atoms with Crippen molar-refractivity contribution in [2.75, 3.05) is 5.75 Å². The first-order valence-electron chi connectivity index (χ1n) is 11.3. The van der Waals surface area contributed by atoms with E-state index in [2.05, 4.69) is 19.1 Å². The number of carbonyl (C=O) groups excluding carboxylic acids is 1. The Morgan fingerprint density at radius 3 is 2.62 bits per heavy atom. The van der Waals surface area contributed by atoms with Crippen LogP contribution in [0.15, 0.2) is 12.2 Å². The highest BCUT2D eigenvalue weighted by atomic mass is 32.2. The zero-order chi connectivity index (χ0) is 21.6. The van der Waals surface area contributed by atoms with E-state index in [-0.39, 0.29) is 5.92 Å². The van der Waals surface area contributed by atoms with E-state index in [1.165, 1.54) is 37.4 Å². The summed E-state index contributed by atoms with van der Waals surface area (Å²) in [7, 11) is 0. The predicted octanol–water partition coefficient (Wildman–Crippen LogP) is 4.60. The van der Waals surface area contributed by atoms with Gasteiger partial charge in [0.25, 0.3) is 0 Å². The number of carboxylic acid groups (broad SMARTS) is 1. The maximum atomic E-state index is 12.3. The smallest absolute Gasteiger partial charge is 0.333 e. The van der Waals surface area contributed by atoms with Crippen LogP contribution in [0.1, 0.15) is 84.5 Å². The number of aliphatic carboxylic acids is 1. The molecule has 1 rings (SSSR count). The lowest BCUT2D eigenvalue weighted by Crippen LogP contribution is -2.32. The number of hydrogen-bond donors (Lipinski definition) is 3. The Labute approximate surface area is 180 Å². The van der Waals surface area contributed by atoms with Crippen molar-refractivity contribution >= 4 is 23.5 Å². The average Bonchev–Trinajstić information content (AvgIpc) is 3.02. The molecule has 0 aromatic rings. The number of ketones is 1. The molecule has 5 atom stereocenters. The molecule has 5 nitrogen and oxygen atoms in total. The van der Waals surface area contributed by atoms with Crippen LogP contribution in [-0.2, 0) is 9.59 Å². The number of rotatable bonds is 16. The quantitative estimate of drug-likeness (QED) is 0.246. The summed E-state index contributed by atoms with van der Waals surface area (Å²) >= 11 is 1.31. The lowest BCUT2D eigenvalue weighted by atomic mass is 9.89. The third-order valence-electron chi connectivity index (χ3n) is 5.67. The van der Waals surface area contributed by atoms with E-state index in [4.69, 9.17) is 5.11 Å². The standard InChI is InChI=1S/C23H40O5S/c1-3-4-5-6-7-8-11-18-14-15-20(25)19(18)12-9-10-13-21(22(26)23(27)28)29-16-17(2)24/h8,11,17-19,21-22,24,26H,3-7,9-10,12-16H2,1-2H3,(H,27,28)/t17?,18-,19+,21?,22?/m0/s1. The maximum absolute atomic E-state index is 12.3.